The normalized spacial score (nSPS) is 10.4. The van der Waals surface area contributed by atoms with Crippen molar-refractivity contribution in [2.75, 3.05) is 5.73 Å². The molecule has 0 aromatic carbocycles. The molecule has 2 aromatic heterocycles. The molecule has 0 spiro atoms. The fraction of sp³-hybridized carbons (Fsp3) is 0. The predicted molar refractivity (Wildman–Crippen MR) is 54.7 cm³/mol. The number of rotatable bonds is 1. The van der Waals surface area contributed by atoms with Gasteiger partial charge in [-0.2, -0.15) is 0 Å². The lowest BCUT2D eigenvalue weighted by Crippen LogP contribution is -1.81. The van der Waals surface area contributed by atoms with Crippen LogP contribution in [0.25, 0.3) is 11.5 Å². The van der Waals surface area contributed by atoms with Gasteiger partial charge in [0.1, 0.15) is 0 Å². The minimum Gasteiger partial charge on any atom is -0.404 e. The lowest BCUT2D eigenvalue weighted by atomic mass is 10.3. The van der Waals surface area contributed by atoms with Gasteiger partial charge in [0.15, 0.2) is 0 Å². The van der Waals surface area contributed by atoms with E-state index in [-0.39, 0.29) is 6.01 Å². The monoisotopic (exact) mass is 293 g/mol. The highest BCUT2D eigenvalue weighted by molar-refractivity contribution is 14.1. The third kappa shape index (κ3) is 1.44. The van der Waals surface area contributed by atoms with Crippen LogP contribution >= 0.6 is 33.9 Å². The van der Waals surface area contributed by atoms with E-state index in [1.807, 2.05) is 11.4 Å². The Kier molecular flexibility index (Phi) is 2.01. The lowest BCUT2D eigenvalue weighted by Gasteiger charge is -1.83. The Morgan fingerprint density at radius 1 is 1.50 bits per heavy atom. The molecule has 0 unspecified atom stereocenters. The molecule has 0 saturated carbocycles. The second kappa shape index (κ2) is 3.02. The van der Waals surface area contributed by atoms with Gasteiger partial charge in [-0.3, -0.25) is 0 Å². The average molecular weight is 293 g/mol. The number of hydrogen-bond donors (Lipinski definition) is 1. The van der Waals surface area contributed by atoms with Gasteiger partial charge in [0, 0.05) is 5.38 Å². The van der Waals surface area contributed by atoms with Gasteiger partial charge in [0.2, 0.25) is 0 Å². The van der Waals surface area contributed by atoms with Crippen LogP contribution in [-0.4, -0.2) is 10.2 Å². The zero-order valence-electron chi connectivity index (χ0n) is 5.82. The summed E-state index contributed by atoms with van der Waals surface area (Å²) in [6.07, 6.45) is 0. The van der Waals surface area contributed by atoms with Crippen LogP contribution < -0.4 is 5.73 Å². The molecule has 0 bridgehead atoms. The summed E-state index contributed by atoms with van der Waals surface area (Å²) >= 11 is 3.86. The molecule has 0 fully saturated rings. The van der Waals surface area contributed by atoms with E-state index in [1.165, 1.54) is 2.88 Å². The molecule has 0 aliphatic rings. The summed E-state index contributed by atoms with van der Waals surface area (Å²) in [5.74, 6) is 0.478. The van der Waals surface area contributed by atoms with Crippen LogP contribution in [0.4, 0.5) is 6.01 Å². The summed E-state index contributed by atoms with van der Waals surface area (Å²) in [5, 5.41) is 9.28. The summed E-state index contributed by atoms with van der Waals surface area (Å²) < 4.78 is 6.22. The van der Waals surface area contributed by atoms with Gasteiger partial charge in [-0.1, -0.05) is 5.10 Å². The van der Waals surface area contributed by atoms with Crippen LogP contribution in [0.1, 0.15) is 0 Å². The summed E-state index contributed by atoms with van der Waals surface area (Å²) in [4.78, 5) is 0. The Labute approximate surface area is 85.9 Å². The summed E-state index contributed by atoms with van der Waals surface area (Å²) in [6, 6.07) is 2.07. The molecule has 62 valence electrons. The van der Waals surface area contributed by atoms with Crippen LogP contribution in [0.3, 0.4) is 0 Å². The average Bonchev–Trinajstić information content (AvgIpc) is 2.58. The number of aromatic nitrogens is 2. The highest BCUT2D eigenvalue weighted by Crippen LogP contribution is 2.25. The molecular formula is C6H4IN3OS. The molecule has 0 aliphatic carbocycles. The molecule has 0 saturated heterocycles. The van der Waals surface area contributed by atoms with Gasteiger partial charge in [-0.05, 0) is 28.7 Å². The minimum absolute atomic E-state index is 0.103. The van der Waals surface area contributed by atoms with Crippen molar-refractivity contribution < 1.29 is 4.42 Å². The molecule has 2 heterocycles. The van der Waals surface area contributed by atoms with Crippen molar-refractivity contribution in [2.45, 2.75) is 0 Å². The third-order valence-electron chi connectivity index (χ3n) is 1.26. The zero-order chi connectivity index (χ0) is 8.55. The molecule has 2 aromatic rings. The Morgan fingerprint density at radius 2 is 2.33 bits per heavy atom. The van der Waals surface area contributed by atoms with Gasteiger partial charge in [0.25, 0.3) is 5.89 Å². The van der Waals surface area contributed by atoms with E-state index in [1.54, 1.807) is 11.3 Å². The van der Waals surface area contributed by atoms with Gasteiger partial charge in [-0.15, -0.1) is 16.4 Å². The smallest absolute Gasteiger partial charge is 0.313 e. The van der Waals surface area contributed by atoms with Gasteiger partial charge in [-0.25, -0.2) is 0 Å². The summed E-state index contributed by atoms with van der Waals surface area (Å²) in [6.45, 7) is 0. The van der Waals surface area contributed by atoms with E-state index in [0.717, 1.165) is 5.56 Å². The maximum atomic E-state index is 5.28. The van der Waals surface area contributed by atoms with Crippen LogP contribution in [-0.2, 0) is 0 Å². The quantitative estimate of drug-likeness (QED) is 0.817. The van der Waals surface area contributed by atoms with Gasteiger partial charge in [0.05, 0.1) is 8.45 Å². The van der Waals surface area contributed by atoms with E-state index in [2.05, 4.69) is 32.8 Å². The van der Waals surface area contributed by atoms with Gasteiger partial charge < -0.3 is 10.2 Å². The molecule has 0 radical (unpaired) electrons. The van der Waals surface area contributed by atoms with E-state index in [4.69, 9.17) is 10.2 Å². The fourth-order valence-corrected chi connectivity index (χ4v) is 2.09. The summed E-state index contributed by atoms with van der Waals surface area (Å²) in [7, 11) is 0. The van der Waals surface area contributed by atoms with Crippen molar-refractivity contribution in [3.8, 4) is 11.5 Å². The molecule has 0 atom stereocenters. The first-order chi connectivity index (χ1) is 5.75. The first-order valence-electron chi connectivity index (χ1n) is 3.09. The third-order valence-corrected chi connectivity index (χ3v) is 3.04. The number of halogens is 1. The maximum Gasteiger partial charge on any atom is 0.313 e. The van der Waals surface area contributed by atoms with Gasteiger partial charge >= 0.3 is 6.01 Å². The number of nitrogens with two attached hydrogens (primary N) is 1. The highest BCUT2D eigenvalue weighted by atomic mass is 127. The van der Waals surface area contributed by atoms with Crippen LogP contribution in [0.15, 0.2) is 15.9 Å². The Morgan fingerprint density at radius 3 is 2.83 bits per heavy atom. The van der Waals surface area contributed by atoms with Crippen molar-refractivity contribution in [1.29, 1.82) is 0 Å². The number of nitrogens with zero attached hydrogens (tertiary/aromatic N) is 2. The number of nitrogen functional groups attached to an aromatic ring is 1. The SMILES string of the molecule is Nc1nnc(-c2csc(I)c2)o1. The molecule has 6 heteroatoms. The molecule has 0 aliphatic heterocycles. The van der Waals surface area contributed by atoms with E-state index in [9.17, 15) is 0 Å². The first kappa shape index (κ1) is 7.99. The van der Waals surface area contributed by atoms with E-state index >= 15 is 0 Å². The number of thiophene rings is 1. The van der Waals surface area contributed by atoms with Crippen LogP contribution in [0.5, 0.6) is 0 Å². The molecule has 4 nitrogen and oxygen atoms in total. The molecule has 0 amide bonds. The van der Waals surface area contributed by atoms with Crippen molar-refractivity contribution in [2.24, 2.45) is 0 Å². The van der Waals surface area contributed by atoms with Crippen molar-refractivity contribution in [1.82, 2.24) is 10.2 Å². The fourth-order valence-electron chi connectivity index (χ4n) is 0.773. The lowest BCUT2D eigenvalue weighted by molar-refractivity contribution is 0.590. The number of anilines is 1. The van der Waals surface area contributed by atoms with E-state index in [0.29, 0.717) is 5.89 Å². The largest absolute Gasteiger partial charge is 0.404 e. The van der Waals surface area contributed by atoms with Crippen molar-refractivity contribution >= 4 is 39.9 Å². The van der Waals surface area contributed by atoms with Crippen LogP contribution in [0.2, 0.25) is 0 Å². The van der Waals surface area contributed by atoms with Crippen LogP contribution in [0, 0.1) is 2.88 Å². The second-order valence-corrected chi connectivity index (χ2v) is 4.89. The van der Waals surface area contributed by atoms with Crippen molar-refractivity contribution in [3.63, 3.8) is 0 Å². The molecule has 12 heavy (non-hydrogen) atoms. The minimum atomic E-state index is 0.103. The van der Waals surface area contributed by atoms with Crippen molar-refractivity contribution in [3.05, 3.63) is 14.3 Å². The Balaban J connectivity index is 2.43. The Bertz CT molecular complexity index is 359. The topological polar surface area (TPSA) is 64.9 Å². The predicted octanol–water partition coefficient (Wildman–Crippen LogP) is 1.98. The first-order valence-corrected chi connectivity index (χ1v) is 5.05. The standard InChI is InChI=1S/C6H4IN3OS/c7-4-1-3(2-12-4)5-9-10-6(8)11-5/h1-2H,(H2,8,10). The molecule has 2 rings (SSSR count). The highest BCUT2D eigenvalue weighted by Gasteiger charge is 2.07. The molecule has 2 N–H and O–H groups in total. The summed E-state index contributed by atoms with van der Waals surface area (Å²) in [5.41, 5.74) is 6.21. The maximum absolute atomic E-state index is 5.28. The second-order valence-electron chi connectivity index (χ2n) is 2.08. The van der Waals surface area contributed by atoms with E-state index < -0.39 is 0 Å². The zero-order valence-corrected chi connectivity index (χ0v) is 8.79. The Hall–Kier alpha value is -0.630. The molecular weight excluding hydrogens is 289 g/mol. The number of hydrogen-bond acceptors (Lipinski definition) is 5.